The lowest BCUT2D eigenvalue weighted by Crippen LogP contribution is -2.26. The smallest absolute Gasteiger partial charge is 0.245 e. The molecular weight excluding hydrogens is 367 g/mol. The van der Waals surface area contributed by atoms with E-state index in [1.165, 1.54) is 12.4 Å². The number of hydrogen-bond acceptors (Lipinski definition) is 4. The maximum atomic E-state index is 14.5. The molecule has 29 heavy (non-hydrogen) atoms. The number of fused-ring (bicyclic) bond motifs is 1. The molecule has 0 unspecified atom stereocenters. The monoisotopic (exact) mass is 386 g/mol. The number of amides is 1. The number of nitrogens with one attached hydrogen (secondary N) is 1. The SMILES string of the molecule is C#Cc1cccc(Nc2ncnc3ccc([C@H]4CCN(C(=O)C=C)C4)cc23)c1F. The lowest BCUT2D eigenvalue weighted by Gasteiger charge is -2.15. The largest absolute Gasteiger partial charge is 0.339 e. The Morgan fingerprint density at radius 2 is 2.21 bits per heavy atom. The first-order valence-corrected chi connectivity index (χ1v) is 9.29. The molecule has 1 saturated heterocycles. The Kier molecular flexibility index (Phi) is 4.96. The highest BCUT2D eigenvalue weighted by Gasteiger charge is 2.26. The standard InChI is InChI=1S/C23H19FN4O/c1-3-15-6-5-7-20(22(15)24)27-23-18-12-16(8-9-19(18)25-14-26-23)17-10-11-28(13-17)21(29)4-2/h1,4-9,12,14,17H,2,10-11,13H2,(H,25,26,27)/t17-/m0/s1. The summed E-state index contributed by atoms with van der Waals surface area (Å²) in [6, 6.07) is 10.8. The number of rotatable bonds is 4. The Labute approximate surface area is 168 Å². The number of carbonyl (C=O) groups is 1. The summed E-state index contributed by atoms with van der Waals surface area (Å²) in [7, 11) is 0. The Bertz CT molecular complexity index is 1150. The van der Waals surface area contributed by atoms with Crippen LogP contribution in [0.2, 0.25) is 0 Å². The average molecular weight is 386 g/mol. The molecule has 0 aliphatic carbocycles. The Morgan fingerprint density at radius 3 is 3.00 bits per heavy atom. The number of benzene rings is 2. The van der Waals surface area contributed by atoms with Crippen LogP contribution in [-0.4, -0.2) is 33.9 Å². The van der Waals surface area contributed by atoms with E-state index in [1.807, 2.05) is 18.2 Å². The van der Waals surface area contributed by atoms with Crippen molar-refractivity contribution in [3.63, 3.8) is 0 Å². The highest BCUT2D eigenvalue weighted by atomic mass is 19.1. The number of anilines is 2. The number of carbonyl (C=O) groups excluding carboxylic acids is 1. The van der Waals surface area contributed by atoms with Gasteiger partial charge < -0.3 is 10.2 Å². The lowest BCUT2D eigenvalue weighted by atomic mass is 9.97. The van der Waals surface area contributed by atoms with Gasteiger partial charge >= 0.3 is 0 Å². The molecule has 0 saturated carbocycles. The second-order valence-electron chi connectivity index (χ2n) is 6.91. The Balaban J connectivity index is 1.68. The van der Waals surface area contributed by atoms with Gasteiger partial charge in [-0.2, -0.15) is 0 Å². The van der Waals surface area contributed by atoms with Crippen LogP contribution in [0, 0.1) is 18.2 Å². The maximum absolute atomic E-state index is 14.5. The van der Waals surface area contributed by atoms with Crippen LogP contribution in [0.25, 0.3) is 10.9 Å². The van der Waals surface area contributed by atoms with E-state index < -0.39 is 5.82 Å². The number of hydrogen-bond donors (Lipinski definition) is 1. The van der Waals surface area contributed by atoms with Gasteiger partial charge in [0.2, 0.25) is 5.91 Å². The molecule has 1 N–H and O–H groups in total. The van der Waals surface area contributed by atoms with Crippen LogP contribution >= 0.6 is 0 Å². The first kappa shape index (κ1) is 18.6. The quantitative estimate of drug-likeness (QED) is 0.544. The van der Waals surface area contributed by atoms with Crippen molar-refractivity contribution in [1.82, 2.24) is 14.9 Å². The van der Waals surface area contributed by atoms with E-state index in [9.17, 15) is 9.18 Å². The molecule has 6 heteroatoms. The summed E-state index contributed by atoms with van der Waals surface area (Å²) in [5.41, 5.74) is 2.28. The van der Waals surface area contributed by atoms with E-state index in [2.05, 4.69) is 27.8 Å². The molecule has 1 atom stereocenters. The molecule has 2 heterocycles. The minimum atomic E-state index is -0.493. The first-order valence-electron chi connectivity index (χ1n) is 9.29. The van der Waals surface area contributed by atoms with E-state index in [1.54, 1.807) is 23.1 Å². The highest BCUT2D eigenvalue weighted by Crippen LogP contribution is 2.32. The first-order chi connectivity index (χ1) is 14.1. The fourth-order valence-corrected chi connectivity index (χ4v) is 3.66. The van der Waals surface area contributed by atoms with Gasteiger partial charge in [0.25, 0.3) is 0 Å². The van der Waals surface area contributed by atoms with E-state index >= 15 is 0 Å². The average Bonchev–Trinajstić information content (AvgIpc) is 3.25. The third-order valence-corrected chi connectivity index (χ3v) is 5.21. The molecule has 1 amide bonds. The topological polar surface area (TPSA) is 58.1 Å². The van der Waals surface area contributed by atoms with Gasteiger partial charge in [-0.1, -0.05) is 24.6 Å². The zero-order valence-electron chi connectivity index (χ0n) is 15.7. The van der Waals surface area contributed by atoms with Crippen molar-refractivity contribution in [2.45, 2.75) is 12.3 Å². The van der Waals surface area contributed by atoms with Gasteiger partial charge in [-0.25, -0.2) is 14.4 Å². The lowest BCUT2D eigenvalue weighted by molar-refractivity contribution is -0.125. The molecule has 1 aromatic heterocycles. The van der Waals surface area contributed by atoms with Crippen LogP contribution in [-0.2, 0) is 4.79 Å². The van der Waals surface area contributed by atoms with Crippen molar-refractivity contribution >= 4 is 28.3 Å². The predicted octanol–water partition coefficient (Wildman–Crippen LogP) is 4.00. The fraction of sp³-hybridized carbons (Fsp3) is 0.174. The summed E-state index contributed by atoms with van der Waals surface area (Å²) in [5.74, 6) is 2.51. The molecule has 0 bridgehead atoms. The molecule has 1 aliphatic rings. The summed E-state index contributed by atoms with van der Waals surface area (Å²) < 4.78 is 14.5. The highest BCUT2D eigenvalue weighted by molar-refractivity contribution is 5.91. The molecule has 0 spiro atoms. The van der Waals surface area contributed by atoms with Gasteiger partial charge in [0.15, 0.2) is 5.82 Å². The van der Waals surface area contributed by atoms with E-state index in [-0.39, 0.29) is 23.1 Å². The van der Waals surface area contributed by atoms with E-state index in [0.717, 1.165) is 22.9 Å². The van der Waals surface area contributed by atoms with E-state index in [4.69, 9.17) is 6.42 Å². The Hall–Kier alpha value is -3.72. The van der Waals surface area contributed by atoms with Crippen LogP contribution < -0.4 is 5.32 Å². The summed E-state index contributed by atoms with van der Waals surface area (Å²) in [4.78, 5) is 22.3. The van der Waals surface area contributed by atoms with Gasteiger partial charge in [-0.15, -0.1) is 6.42 Å². The third kappa shape index (κ3) is 3.55. The summed E-state index contributed by atoms with van der Waals surface area (Å²) in [6.45, 7) is 4.90. The van der Waals surface area contributed by atoms with Gasteiger partial charge in [-0.3, -0.25) is 4.79 Å². The molecule has 2 aromatic carbocycles. The van der Waals surface area contributed by atoms with Crippen molar-refractivity contribution in [2.24, 2.45) is 0 Å². The molecule has 1 aliphatic heterocycles. The van der Waals surface area contributed by atoms with Gasteiger partial charge in [-0.05, 0) is 42.3 Å². The van der Waals surface area contributed by atoms with Gasteiger partial charge in [0.1, 0.15) is 12.1 Å². The van der Waals surface area contributed by atoms with Crippen molar-refractivity contribution in [3.05, 3.63) is 72.3 Å². The molecule has 144 valence electrons. The number of aromatic nitrogens is 2. The van der Waals surface area contributed by atoms with Crippen molar-refractivity contribution in [1.29, 1.82) is 0 Å². The second-order valence-corrected chi connectivity index (χ2v) is 6.91. The fourth-order valence-electron chi connectivity index (χ4n) is 3.66. The number of nitrogens with zero attached hydrogens (tertiary/aromatic N) is 3. The molecule has 5 nitrogen and oxygen atoms in total. The van der Waals surface area contributed by atoms with Crippen LogP contribution in [0.1, 0.15) is 23.5 Å². The predicted molar refractivity (Wildman–Crippen MR) is 111 cm³/mol. The van der Waals surface area contributed by atoms with Crippen LogP contribution in [0.15, 0.2) is 55.4 Å². The van der Waals surface area contributed by atoms with Crippen LogP contribution in [0.3, 0.4) is 0 Å². The number of halogens is 1. The molecular formula is C23H19FN4O. The molecule has 4 rings (SSSR count). The zero-order chi connectivity index (χ0) is 20.4. The van der Waals surface area contributed by atoms with Gasteiger partial charge in [0.05, 0.1) is 16.8 Å². The molecule has 1 fully saturated rings. The summed E-state index contributed by atoms with van der Waals surface area (Å²) in [5, 5.41) is 3.83. The third-order valence-electron chi connectivity index (χ3n) is 5.21. The van der Waals surface area contributed by atoms with Crippen LogP contribution in [0.5, 0.6) is 0 Å². The minimum absolute atomic E-state index is 0.0529. The zero-order valence-corrected chi connectivity index (χ0v) is 15.7. The van der Waals surface area contributed by atoms with Crippen LogP contribution in [0.4, 0.5) is 15.9 Å². The number of likely N-dealkylation sites (tertiary alicyclic amines) is 1. The van der Waals surface area contributed by atoms with Gasteiger partial charge in [0, 0.05) is 24.4 Å². The summed E-state index contributed by atoms with van der Waals surface area (Å²) in [6.07, 6.45) is 9.02. The Morgan fingerprint density at radius 1 is 1.34 bits per heavy atom. The normalized spacial score (nSPS) is 15.9. The van der Waals surface area contributed by atoms with Crippen molar-refractivity contribution in [3.8, 4) is 12.3 Å². The number of terminal acetylenes is 1. The van der Waals surface area contributed by atoms with E-state index in [0.29, 0.717) is 18.9 Å². The molecule has 0 radical (unpaired) electrons. The minimum Gasteiger partial charge on any atom is -0.339 e. The summed E-state index contributed by atoms with van der Waals surface area (Å²) >= 11 is 0. The second kappa shape index (κ2) is 7.72. The molecule has 3 aromatic rings. The maximum Gasteiger partial charge on any atom is 0.245 e. The van der Waals surface area contributed by atoms with Crippen molar-refractivity contribution < 1.29 is 9.18 Å². The van der Waals surface area contributed by atoms with Crippen molar-refractivity contribution in [2.75, 3.05) is 18.4 Å².